The van der Waals surface area contributed by atoms with E-state index in [0.29, 0.717) is 12.2 Å². The van der Waals surface area contributed by atoms with Gasteiger partial charge >= 0.3 is 0 Å². The van der Waals surface area contributed by atoms with Crippen LogP contribution in [0.25, 0.3) is 0 Å². The summed E-state index contributed by atoms with van der Waals surface area (Å²) in [5.41, 5.74) is 2.48. The summed E-state index contributed by atoms with van der Waals surface area (Å²) in [5.74, 6) is 0. The van der Waals surface area contributed by atoms with Gasteiger partial charge in [-0.05, 0) is 24.3 Å². The second-order valence-electron chi connectivity index (χ2n) is 5.19. The topological polar surface area (TPSA) is 31.5 Å². The maximum Gasteiger partial charge on any atom is 0.0984 e. The van der Waals surface area contributed by atoms with Crippen LogP contribution in [0.4, 0.5) is 11.4 Å². The van der Waals surface area contributed by atoms with E-state index in [0.717, 1.165) is 26.3 Å². The summed E-state index contributed by atoms with van der Waals surface area (Å²) in [6.45, 7) is 3.77. The molecular weight excluding hydrogens is 228 g/mol. The highest BCUT2D eigenvalue weighted by atomic mass is 16.6. The van der Waals surface area contributed by atoms with Crippen LogP contribution in [0, 0.1) is 0 Å². The van der Waals surface area contributed by atoms with Crippen molar-refractivity contribution in [3.05, 3.63) is 24.3 Å². The summed E-state index contributed by atoms with van der Waals surface area (Å²) in [4.78, 5) is 4.48. The van der Waals surface area contributed by atoms with Gasteiger partial charge in [-0.25, -0.2) is 0 Å². The van der Waals surface area contributed by atoms with Crippen molar-refractivity contribution in [2.75, 3.05) is 50.2 Å². The van der Waals surface area contributed by atoms with Crippen molar-refractivity contribution in [3.63, 3.8) is 0 Å². The monoisotopic (exact) mass is 248 g/mol. The molecule has 0 amide bonds. The Bertz CT molecular complexity index is 360. The number of likely N-dealkylation sites (N-methyl/N-ethyl adjacent to an activating group) is 2. The van der Waals surface area contributed by atoms with E-state index in [1.54, 1.807) is 0 Å². The van der Waals surface area contributed by atoms with Gasteiger partial charge < -0.3 is 19.3 Å². The maximum atomic E-state index is 5.25. The Balaban J connectivity index is 1.59. The van der Waals surface area contributed by atoms with Crippen molar-refractivity contribution in [2.24, 2.45) is 0 Å². The van der Waals surface area contributed by atoms with E-state index in [-0.39, 0.29) is 0 Å². The van der Waals surface area contributed by atoms with Crippen LogP contribution >= 0.6 is 0 Å². The van der Waals surface area contributed by atoms with E-state index >= 15 is 0 Å². The molecular formula is C14H20N2O2. The van der Waals surface area contributed by atoms with E-state index in [1.165, 1.54) is 11.4 Å². The Kier molecular flexibility index (Phi) is 3.14. The van der Waals surface area contributed by atoms with E-state index in [9.17, 15) is 0 Å². The molecule has 0 saturated carbocycles. The molecule has 0 aromatic heterocycles. The molecule has 2 atom stereocenters. The number of nitrogens with zero attached hydrogens (tertiary/aromatic N) is 2. The lowest BCUT2D eigenvalue weighted by Crippen LogP contribution is -2.24. The zero-order valence-corrected chi connectivity index (χ0v) is 11.0. The fourth-order valence-electron chi connectivity index (χ4n) is 2.13. The molecule has 2 fully saturated rings. The molecule has 0 bridgehead atoms. The number of anilines is 2. The van der Waals surface area contributed by atoms with Gasteiger partial charge in [-0.1, -0.05) is 0 Å². The van der Waals surface area contributed by atoms with Crippen molar-refractivity contribution >= 4 is 11.4 Å². The molecule has 2 aliphatic rings. The fourth-order valence-corrected chi connectivity index (χ4v) is 2.13. The van der Waals surface area contributed by atoms with Gasteiger partial charge in [-0.2, -0.15) is 0 Å². The fraction of sp³-hybridized carbons (Fsp3) is 0.571. The minimum absolute atomic E-state index is 0.435. The lowest BCUT2D eigenvalue weighted by atomic mass is 10.2. The largest absolute Gasteiger partial charge is 0.372 e. The van der Waals surface area contributed by atoms with Crippen LogP contribution in [-0.4, -0.2) is 52.6 Å². The van der Waals surface area contributed by atoms with E-state index < -0.39 is 0 Å². The molecule has 18 heavy (non-hydrogen) atoms. The van der Waals surface area contributed by atoms with Crippen LogP contribution in [0.3, 0.4) is 0 Å². The first kappa shape index (κ1) is 11.8. The third kappa shape index (κ3) is 2.94. The molecule has 98 valence electrons. The Hall–Kier alpha value is -1.26. The van der Waals surface area contributed by atoms with Crippen LogP contribution in [0.5, 0.6) is 0 Å². The summed E-state index contributed by atoms with van der Waals surface area (Å²) in [6.07, 6.45) is 0.869. The highest BCUT2D eigenvalue weighted by Gasteiger charge is 2.25. The Labute approximate surface area is 108 Å². The normalized spacial score (nSPS) is 24.8. The van der Waals surface area contributed by atoms with Crippen molar-refractivity contribution in [1.82, 2.24) is 0 Å². The van der Waals surface area contributed by atoms with Gasteiger partial charge in [0.25, 0.3) is 0 Å². The van der Waals surface area contributed by atoms with Gasteiger partial charge in [0.1, 0.15) is 0 Å². The summed E-state index contributed by atoms with van der Waals surface area (Å²) in [6, 6.07) is 8.67. The highest BCUT2D eigenvalue weighted by molar-refractivity contribution is 5.56. The van der Waals surface area contributed by atoms with Crippen molar-refractivity contribution in [2.45, 2.75) is 12.2 Å². The van der Waals surface area contributed by atoms with Gasteiger partial charge in [-0.15, -0.1) is 0 Å². The first-order valence-corrected chi connectivity index (χ1v) is 6.48. The Morgan fingerprint density at radius 1 is 0.889 bits per heavy atom. The van der Waals surface area contributed by atoms with Crippen molar-refractivity contribution in [3.8, 4) is 0 Å². The third-order valence-electron chi connectivity index (χ3n) is 3.49. The molecule has 4 nitrogen and oxygen atoms in total. The number of rotatable bonds is 6. The molecule has 0 radical (unpaired) electrons. The van der Waals surface area contributed by atoms with Crippen LogP contribution in [0.2, 0.25) is 0 Å². The SMILES string of the molecule is CN(CC1CO1)c1ccc(N(C)CC2CO2)cc1. The van der Waals surface area contributed by atoms with Gasteiger partial charge in [0, 0.05) is 38.6 Å². The molecule has 1 aromatic carbocycles. The number of hydrogen-bond donors (Lipinski definition) is 0. The molecule has 2 unspecified atom stereocenters. The number of ether oxygens (including phenoxy) is 2. The standard InChI is InChI=1S/C14H20N2O2/c1-15(7-13-9-17-13)11-3-5-12(6-4-11)16(2)8-14-10-18-14/h3-6,13-14H,7-10H2,1-2H3. The second-order valence-corrected chi connectivity index (χ2v) is 5.19. The first-order valence-electron chi connectivity index (χ1n) is 6.48. The quantitative estimate of drug-likeness (QED) is 0.711. The molecule has 0 spiro atoms. The van der Waals surface area contributed by atoms with Crippen LogP contribution in [0.15, 0.2) is 24.3 Å². The zero-order valence-electron chi connectivity index (χ0n) is 11.0. The minimum Gasteiger partial charge on any atom is -0.372 e. The smallest absolute Gasteiger partial charge is 0.0984 e. The van der Waals surface area contributed by atoms with E-state index in [2.05, 4.69) is 48.2 Å². The second kappa shape index (κ2) is 4.78. The lowest BCUT2D eigenvalue weighted by molar-refractivity contribution is 0.409. The highest BCUT2D eigenvalue weighted by Crippen LogP contribution is 2.22. The molecule has 1 aromatic rings. The predicted octanol–water partition coefficient (Wildman–Crippen LogP) is 1.36. The maximum absolute atomic E-state index is 5.25. The minimum atomic E-state index is 0.435. The predicted molar refractivity (Wildman–Crippen MR) is 72.5 cm³/mol. The third-order valence-corrected chi connectivity index (χ3v) is 3.49. The van der Waals surface area contributed by atoms with Gasteiger partial charge in [0.15, 0.2) is 0 Å². The first-order chi connectivity index (χ1) is 8.72. The summed E-state index contributed by atoms with van der Waals surface area (Å²) in [7, 11) is 4.22. The molecule has 2 heterocycles. The van der Waals surface area contributed by atoms with Gasteiger partial charge in [0.05, 0.1) is 25.4 Å². The van der Waals surface area contributed by atoms with E-state index in [4.69, 9.17) is 9.47 Å². The average Bonchev–Trinajstić information content (AvgIpc) is 3.25. The summed E-state index contributed by atoms with van der Waals surface area (Å²) >= 11 is 0. The van der Waals surface area contributed by atoms with Crippen LogP contribution in [0.1, 0.15) is 0 Å². The molecule has 0 aliphatic carbocycles. The number of hydrogen-bond acceptors (Lipinski definition) is 4. The molecule has 0 N–H and O–H groups in total. The zero-order chi connectivity index (χ0) is 12.5. The average molecular weight is 248 g/mol. The Morgan fingerprint density at radius 2 is 1.22 bits per heavy atom. The number of epoxide rings is 2. The van der Waals surface area contributed by atoms with Gasteiger partial charge in [0.2, 0.25) is 0 Å². The van der Waals surface area contributed by atoms with Crippen LogP contribution in [-0.2, 0) is 9.47 Å². The molecule has 2 saturated heterocycles. The van der Waals surface area contributed by atoms with Crippen molar-refractivity contribution in [1.29, 1.82) is 0 Å². The number of benzene rings is 1. The summed E-state index contributed by atoms with van der Waals surface area (Å²) in [5, 5.41) is 0. The van der Waals surface area contributed by atoms with Crippen LogP contribution < -0.4 is 9.80 Å². The molecule has 3 rings (SSSR count). The van der Waals surface area contributed by atoms with Crippen molar-refractivity contribution < 1.29 is 9.47 Å². The summed E-state index contributed by atoms with van der Waals surface area (Å²) < 4.78 is 10.5. The van der Waals surface area contributed by atoms with Gasteiger partial charge in [-0.3, -0.25) is 0 Å². The molecule has 4 heteroatoms. The lowest BCUT2D eigenvalue weighted by Gasteiger charge is -2.21. The molecule has 2 aliphatic heterocycles. The Morgan fingerprint density at radius 3 is 1.50 bits per heavy atom. The van der Waals surface area contributed by atoms with E-state index in [1.807, 2.05) is 0 Å².